The SMILES string of the molecule is CCCn1c(N2CCCC(C(=O)OCC)C2)c(C=C2SC(=S)N(C3CCS(=O)(=O)C3)C2=O)c(C)c(C#N)c1=O. The van der Waals surface area contributed by atoms with Crippen LogP contribution in [0.15, 0.2) is 9.70 Å². The van der Waals surface area contributed by atoms with Crippen molar-refractivity contribution in [1.29, 1.82) is 5.26 Å². The van der Waals surface area contributed by atoms with Gasteiger partial charge in [-0.3, -0.25) is 23.9 Å². The predicted octanol–water partition coefficient (Wildman–Crippen LogP) is 2.61. The molecule has 1 amide bonds. The molecule has 2 unspecified atom stereocenters. The summed E-state index contributed by atoms with van der Waals surface area (Å²) in [7, 11) is -3.23. The van der Waals surface area contributed by atoms with Crippen LogP contribution in [-0.4, -0.2) is 71.3 Å². The lowest BCUT2D eigenvalue weighted by Crippen LogP contribution is -2.43. The molecule has 0 aliphatic carbocycles. The maximum Gasteiger partial charge on any atom is 0.310 e. The lowest BCUT2D eigenvalue weighted by atomic mass is 9.96. The lowest BCUT2D eigenvalue weighted by molar-refractivity contribution is -0.148. The van der Waals surface area contributed by atoms with Crippen LogP contribution in [0.2, 0.25) is 0 Å². The van der Waals surface area contributed by atoms with Crippen molar-refractivity contribution in [1.82, 2.24) is 9.47 Å². The highest BCUT2D eigenvalue weighted by Crippen LogP contribution is 2.39. The minimum absolute atomic E-state index is 0.00485. The van der Waals surface area contributed by atoms with Crippen LogP contribution in [0.25, 0.3) is 6.08 Å². The van der Waals surface area contributed by atoms with E-state index in [1.54, 1.807) is 24.5 Å². The zero-order valence-corrected chi connectivity index (χ0v) is 24.7. The number of nitrogens with zero attached hydrogens (tertiary/aromatic N) is 4. The molecule has 3 aliphatic heterocycles. The van der Waals surface area contributed by atoms with E-state index in [4.69, 9.17) is 17.0 Å². The Balaban J connectivity index is 1.83. The quantitative estimate of drug-likeness (QED) is 0.265. The van der Waals surface area contributed by atoms with E-state index in [0.717, 1.165) is 11.8 Å². The van der Waals surface area contributed by atoms with Crippen molar-refractivity contribution in [3.05, 3.63) is 31.9 Å². The monoisotopic (exact) mass is 592 g/mol. The zero-order chi connectivity index (χ0) is 28.5. The van der Waals surface area contributed by atoms with Gasteiger partial charge >= 0.3 is 5.97 Å². The van der Waals surface area contributed by atoms with Gasteiger partial charge in [0.2, 0.25) is 0 Å². The van der Waals surface area contributed by atoms with Crippen molar-refractivity contribution in [3.8, 4) is 6.07 Å². The zero-order valence-electron chi connectivity index (χ0n) is 22.3. The third-order valence-electron chi connectivity index (χ3n) is 7.31. The Hall–Kier alpha value is -2.69. The Kier molecular flexibility index (Phi) is 8.88. The highest BCUT2D eigenvalue weighted by Gasteiger charge is 2.42. The number of hydrogen-bond acceptors (Lipinski definition) is 10. The fourth-order valence-electron chi connectivity index (χ4n) is 5.44. The lowest BCUT2D eigenvalue weighted by Gasteiger charge is -2.36. The van der Waals surface area contributed by atoms with Gasteiger partial charge < -0.3 is 9.64 Å². The first kappa shape index (κ1) is 29.3. The molecular weight excluding hydrogens is 561 g/mol. The topological polar surface area (TPSA) is 130 Å². The molecule has 4 heterocycles. The van der Waals surface area contributed by atoms with Gasteiger partial charge in [0.05, 0.1) is 35.0 Å². The molecule has 0 aromatic carbocycles. The highest BCUT2D eigenvalue weighted by molar-refractivity contribution is 8.26. The second-order valence-electron chi connectivity index (χ2n) is 9.95. The van der Waals surface area contributed by atoms with Gasteiger partial charge in [-0.1, -0.05) is 30.9 Å². The van der Waals surface area contributed by atoms with Gasteiger partial charge in [0.15, 0.2) is 9.84 Å². The summed E-state index contributed by atoms with van der Waals surface area (Å²) in [6.07, 6.45) is 4.00. The minimum Gasteiger partial charge on any atom is -0.466 e. The van der Waals surface area contributed by atoms with E-state index < -0.39 is 21.4 Å². The second-order valence-corrected chi connectivity index (χ2v) is 13.9. The summed E-state index contributed by atoms with van der Waals surface area (Å²) in [5.74, 6) is -0.587. The van der Waals surface area contributed by atoms with Gasteiger partial charge in [-0.2, -0.15) is 5.26 Å². The van der Waals surface area contributed by atoms with E-state index >= 15 is 0 Å². The number of nitriles is 1. The predicted molar refractivity (Wildman–Crippen MR) is 154 cm³/mol. The van der Waals surface area contributed by atoms with E-state index in [1.165, 1.54) is 4.90 Å². The van der Waals surface area contributed by atoms with E-state index in [-0.39, 0.29) is 45.8 Å². The number of ether oxygens (including phenoxy) is 1. The number of rotatable bonds is 7. The van der Waals surface area contributed by atoms with Crippen LogP contribution in [0.1, 0.15) is 56.2 Å². The molecule has 0 saturated carbocycles. The number of hydrogen-bond donors (Lipinski definition) is 0. The molecule has 3 aliphatic rings. The number of esters is 1. The van der Waals surface area contributed by atoms with Crippen LogP contribution in [0, 0.1) is 24.2 Å². The molecule has 0 radical (unpaired) electrons. The fourth-order valence-corrected chi connectivity index (χ4v) is 8.52. The third-order valence-corrected chi connectivity index (χ3v) is 10.4. The largest absolute Gasteiger partial charge is 0.466 e. The van der Waals surface area contributed by atoms with Crippen LogP contribution >= 0.6 is 24.0 Å². The first-order chi connectivity index (χ1) is 18.5. The van der Waals surface area contributed by atoms with Crippen molar-refractivity contribution >= 4 is 61.9 Å². The average molecular weight is 593 g/mol. The number of carbonyl (C=O) groups is 2. The van der Waals surface area contributed by atoms with Crippen molar-refractivity contribution in [3.63, 3.8) is 0 Å². The summed E-state index contributed by atoms with van der Waals surface area (Å²) in [4.78, 5) is 43.2. The average Bonchev–Trinajstić information content (AvgIpc) is 3.39. The van der Waals surface area contributed by atoms with Crippen LogP contribution in [0.4, 0.5) is 5.82 Å². The molecule has 1 aromatic heterocycles. The van der Waals surface area contributed by atoms with Crippen molar-refractivity contribution in [2.75, 3.05) is 36.1 Å². The van der Waals surface area contributed by atoms with E-state index in [1.807, 2.05) is 17.9 Å². The summed E-state index contributed by atoms with van der Waals surface area (Å²) in [6, 6.07) is 1.53. The number of anilines is 1. The maximum atomic E-state index is 13.5. The Morgan fingerprint density at radius 2 is 2.03 bits per heavy atom. The summed E-state index contributed by atoms with van der Waals surface area (Å²) >= 11 is 6.57. The number of thiocarbonyl (C=S) groups is 1. The molecule has 4 rings (SSSR count). The molecular formula is C26H32N4O6S3. The first-order valence-corrected chi connectivity index (χ1v) is 16.1. The van der Waals surface area contributed by atoms with Gasteiger partial charge in [-0.05, 0) is 51.2 Å². The van der Waals surface area contributed by atoms with E-state index in [9.17, 15) is 28.1 Å². The van der Waals surface area contributed by atoms with Crippen molar-refractivity contribution in [2.45, 2.75) is 59.0 Å². The normalized spacial score (nSPS) is 23.9. The molecule has 13 heteroatoms. The number of pyridine rings is 1. The Labute approximate surface area is 237 Å². The van der Waals surface area contributed by atoms with E-state index in [2.05, 4.69) is 0 Å². The van der Waals surface area contributed by atoms with Gasteiger partial charge in [-0.25, -0.2) is 8.42 Å². The smallest absolute Gasteiger partial charge is 0.310 e. The number of amides is 1. The molecule has 0 N–H and O–H groups in total. The third kappa shape index (κ3) is 5.78. The molecule has 10 nitrogen and oxygen atoms in total. The molecule has 3 saturated heterocycles. The summed E-state index contributed by atoms with van der Waals surface area (Å²) in [5, 5.41) is 9.86. The van der Waals surface area contributed by atoms with Crippen LogP contribution in [0.3, 0.4) is 0 Å². The molecule has 210 valence electrons. The first-order valence-electron chi connectivity index (χ1n) is 13.1. The molecule has 3 fully saturated rings. The van der Waals surface area contributed by atoms with Crippen LogP contribution in [0.5, 0.6) is 0 Å². The minimum atomic E-state index is -3.23. The standard InChI is InChI=1S/C26H32N4O6S3/c1-4-9-29-22(28-10-6-7-17(14-28)25(33)36-5-2)19(16(3)20(13-27)23(29)31)12-21-24(32)30(26(37)38-21)18-8-11-39(34,35)15-18/h12,17-18H,4-11,14-15H2,1-3H3. The summed E-state index contributed by atoms with van der Waals surface area (Å²) < 4.78 is 31.2. The van der Waals surface area contributed by atoms with E-state index in [0.29, 0.717) is 67.2 Å². The second kappa shape index (κ2) is 11.8. The van der Waals surface area contributed by atoms with Crippen LogP contribution < -0.4 is 10.5 Å². The number of thioether (sulfide) groups is 1. The number of piperidine rings is 1. The Bertz CT molecular complexity index is 1440. The fraction of sp³-hybridized carbons (Fsp3) is 0.577. The number of aromatic nitrogens is 1. The van der Waals surface area contributed by atoms with Crippen molar-refractivity contribution in [2.24, 2.45) is 5.92 Å². The summed E-state index contributed by atoms with van der Waals surface area (Å²) in [5.41, 5.74) is 0.571. The molecule has 0 bridgehead atoms. The van der Waals surface area contributed by atoms with Gasteiger partial charge in [0, 0.05) is 25.2 Å². The van der Waals surface area contributed by atoms with Gasteiger partial charge in [-0.15, -0.1) is 0 Å². The summed E-state index contributed by atoms with van der Waals surface area (Å²) in [6.45, 7) is 6.94. The maximum absolute atomic E-state index is 13.5. The molecule has 39 heavy (non-hydrogen) atoms. The van der Waals surface area contributed by atoms with Gasteiger partial charge in [0.1, 0.15) is 21.8 Å². The Morgan fingerprint density at radius 3 is 2.64 bits per heavy atom. The van der Waals surface area contributed by atoms with Crippen LogP contribution in [-0.2, 0) is 30.7 Å². The van der Waals surface area contributed by atoms with Gasteiger partial charge in [0.25, 0.3) is 11.5 Å². The Morgan fingerprint density at radius 1 is 1.28 bits per heavy atom. The van der Waals surface area contributed by atoms with Crippen molar-refractivity contribution < 1.29 is 22.7 Å². The molecule has 0 spiro atoms. The molecule has 1 aromatic rings. The number of carbonyl (C=O) groups excluding carboxylic acids is 2. The highest BCUT2D eigenvalue weighted by atomic mass is 32.2. The number of sulfone groups is 1. The molecule has 2 atom stereocenters.